The van der Waals surface area contributed by atoms with Crippen LogP contribution in [0.15, 0.2) is 66.7 Å². The highest BCUT2D eigenvalue weighted by Crippen LogP contribution is 2.32. The number of aryl methyl sites for hydroxylation is 2. The molecule has 0 bridgehead atoms. The van der Waals surface area contributed by atoms with Crippen LogP contribution in [0.5, 0.6) is 11.5 Å². The number of nitrogens with one attached hydrogen (secondary N) is 1. The van der Waals surface area contributed by atoms with Gasteiger partial charge in [0.2, 0.25) is 0 Å². The molecule has 0 aliphatic carbocycles. The number of para-hydroxylation sites is 1. The first-order valence-corrected chi connectivity index (χ1v) is 12.2. The van der Waals surface area contributed by atoms with Gasteiger partial charge in [-0.3, -0.25) is 9.59 Å². The zero-order valence-corrected chi connectivity index (χ0v) is 21.3. The maximum Gasteiger partial charge on any atom is 0.573 e. The largest absolute Gasteiger partial charge is 0.573 e. The molecule has 3 aromatic carbocycles. The number of halogens is 3. The number of nitrogens with zero attached hydrogens (tertiary/aromatic N) is 1. The van der Waals surface area contributed by atoms with Gasteiger partial charge in [0.15, 0.2) is 0 Å². The van der Waals surface area contributed by atoms with Gasteiger partial charge in [0.1, 0.15) is 11.5 Å². The third-order valence-corrected chi connectivity index (χ3v) is 6.77. The Kier molecular flexibility index (Phi) is 7.94. The minimum absolute atomic E-state index is 0.122. The number of likely N-dealkylation sites (tertiary alicyclic amines) is 1. The third kappa shape index (κ3) is 6.10. The first-order valence-electron chi connectivity index (χ1n) is 12.2. The van der Waals surface area contributed by atoms with Crippen molar-refractivity contribution in [1.29, 1.82) is 0 Å². The highest BCUT2D eigenvalue weighted by Gasteiger charge is 2.36. The molecule has 1 aliphatic heterocycles. The molecule has 0 aromatic heterocycles. The molecule has 2 amide bonds. The molecule has 0 unspecified atom stereocenters. The van der Waals surface area contributed by atoms with Gasteiger partial charge in [-0.25, -0.2) is 0 Å². The van der Waals surface area contributed by atoms with Crippen LogP contribution >= 0.6 is 0 Å². The van der Waals surface area contributed by atoms with E-state index in [0.29, 0.717) is 30.8 Å². The van der Waals surface area contributed by atoms with Crippen molar-refractivity contribution >= 4 is 11.8 Å². The van der Waals surface area contributed by atoms with Crippen LogP contribution < -0.4 is 14.8 Å². The molecular formula is C29H29F3N2O4. The summed E-state index contributed by atoms with van der Waals surface area (Å²) in [5, 5.41) is 2.90. The average molecular weight is 527 g/mol. The lowest BCUT2D eigenvalue weighted by atomic mass is 9.85. The molecule has 0 spiro atoms. The summed E-state index contributed by atoms with van der Waals surface area (Å²) >= 11 is 0. The number of alkyl halides is 3. The van der Waals surface area contributed by atoms with Crippen molar-refractivity contribution in [2.75, 3.05) is 20.2 Å². The van der Waals surface area contributed by atoms with Gasteiger partial charge < -0.3 is 19.7 Å². The quantitative estimate of drug-likeness (QED) is 0.452. The molecule has 2 atom stereocenters. The maximum absolute atomic E-state index is 13.6. The van der Waals surface area contributed by atoms with E-state index in [4.69, 9.17) is 4.74 Å². The molecule has 38 heavy (non-hydrogen) atoms. The Balaban J connectivity index is 1.58. The third-order valence-electron chi connectivity index (χ3n) is 6.77. The number of hydrogen-bond acceptors (Lipinski definition) is 4. The summed E-state index contributed by atoms with van der Waals surface area (Å²) in [5.74, 6) is -0.919. The molecule has 0 saturated carbocycles. The molecule has 1 saturated heterocycles. The van der Waals surface area contributed by atoms with Crippen LogP contribution in [-0.2, 0) is 0 Å². The second kappa shape index (κ2) is 11.2. The van der Waals surface area contributed by atoms with Gasteiger partial charge in [0.05, 0.1) is 12.7 Å². The van der Waals surface area contributed by atoms with Gasteiger partial charge in [-0.05, 0) is 61.2 Å². The first-order chi connectivity index (χ1) is 18.1. The Labute approximate surface area is 219 Å². The summed E-state index contributed by atoms with van der Waals surface area (Å²) in [5.41, 5.74) is 2.93. The molecular weight excluding hydrogens is 497 g/mol. The number of amides is 2. The van der Waals surface area contributed by atoms with E-state index in [9.17, 15) is 22.8 Å². The Morgan fingerprint density at radius 1 is 0.921 bits per heavy atom. The van der Waals surface area contributed by atoms with Crippen LogP contribution in [0.25, 0.3) is 0 Å². The van der Waals surface area contributed by atoms with Crippen LogP contribution in [0.4, 0.5) is 13.2 Å². The SMILES string of the molecule is COc1cc(C)c(C(=O)N2CC[C@@H](NC(=O)c3ccccc3OC(F)(F)F)[C@@H](c3ccccc3)C2)cc1C. The summed E-state index contributed by atoms with van der Waals surface area (Å²) in [4.78, 5) is 28.4. The normalized spacial score (nSPS) is 17.6. The lowest BCUT2D eigenvalue weighted by Crippen LogP contribution is -2.51. The Hall–Kier alpha value is -4.01. The number of rotatable bonds is 6. The van der Waals surface area contributed by atoms with Crippen LogP contribution in [0.2, 0.25) is 0 Å². The van der Waals surface area contributed by atoms with Crippen molar-refractivity contribution in [3.63, 3.8) is 0 Å². The summed E-state index contributed by atoms with van der Waals surface area (Å²) in [6.45, 7) is 4.44. The van der Waals surface area contributed by atoms with Crippen LogP contribution in [0, 0.1) is 13.8 Å². The van der Waals surface area contributed by atoms with Gasteiger partial charge >= 0.3 is 6.36 Å². The number of benzene rings is 3. The molecule has 1 fully saturated rings. The summed E-state index contributed by atoms with van der Waals surface area (Å²) in [6, 6.07) is 18.0. The minimum atomic E-state index is -4.92. The fourth-order valence-corrected chi connectivity index (χ4v) is 4.87. The predicted octanol–water partition coefficient (Wildman–Crippen LogP) is 5.64. The standard InChI is InChI=1S/C29H29F3N2O4/c1-18-16-26(37-3)19(2)15-22(18)28(36)34-14-13-24(23(17-34)20-9-5-4-6-10-20)33-27(35)21-11-7-8-12-25(21)38-29(30,31)32/h4-12,15-16,23-24H,13-14,17H2,1-3H3,(H,33,35)/t23-,24-/m1/s1. The Bertz CT molecular complexity index is 1310. The van der Waals surface area contributed by atoms with Crippen molar-refractivity contribution in [1.82, 2.24) is 10.2 Å². The maximum atomic E-state index is 13.6. The number of hydrogen-bond donors (Lipinski definition) is 1. The molecule has 0 radical (unpaired) electrons. The van der Waals surface area contributed by atoms with Gasteiger partial charge in [-0.15, -0.1) is 13.2 Å². The highest BCUT2D eigenvalue weighted by molar-refractivity contribution is 5.97. The number of ether oxygens (including phenoxy) is 2. The van der Waals surface area contributed by atoms with Gasteiger partial charge in [0.25, 0.3) is 11.8 Å². The molecule has 6 nitrogen and oxygen atoms in total. The molecule has 4 rings (SSSR count). The average Bonchev–Trinajstić information content (AvgIpc) is 2.89. The van der Waals surface area contributed by atoms with E-state index in [1.165, 1.54) is 18.2 Å². The first kappa shape index (κ1) is 27.0. The molecule has 9 heteroatoms. The smallest absolute Gasteiger partial charge is 0.496 e. The number of carbonyl (C=O) groups excluding carboxylic acids is 2. The van der Waals surface area contributed by atoms with Crippen molar-refractivity contribution in [2.24, 2.45) is 0 Å². The topological polar surface area (TPSA) is 67.9 Å². The van der Waals surface area contributed by atoms with E-state index in [0.717, 1.165) is 22.8 Å². The second-order valence-corrected chi connectivity index (χ2v) is 9.32. The fourth-order valence-electron chi connectivity index (χ4n) is 4.87. The molecule has 1 heterocycles. The zero-order valence-electron chi connectivity index (χ0n) is 21.3. The van der Waals surface area contributed by atoms with E-state index >= 15 is 0 Å². The van der Waals surface area contributed by atoms with E-state index in [-0.39, 0.29) is 17.4 Å². The lowest BCUT2D eigenvalue weighted by Gasteiger charge is -2.39. The van der Waals surface area contributed by atoms with E-state index < -0.39 is 24.1 Å². The van der Waals surface area contributed by atoms with E-state index in [2.05, 4.69) is 10.1 Å². The van der Waals surface area contributed by atoms with Crippen LogP contribution in [-0.4, -0.2) is 49.3 Å². The monoisotopic (exact) mass is 526 g/mol. The Morgan fingerprint density at radius 3 is 2.29 bits per heavy atom. The van der Waals surface area contributed by atoms with E-state index in [1.807, 2.05) is 56.3 Å². The van der Waals surface area contributed by atoms with Crippen molar-refractivity contribution in [2.45, 2.75) is 38.6 Å². The lowest BCUT2D eigenvalue weighted by molar-refractivity contribution is -0.274. The van der Waals surface area contributed by atoms with Gasteiger partial charge in [-0.2, -0.15) is 0 Å². The predicted molar refractivity (Wildman–Crippen MR) is 137 cm³/mol. The van der Waals surface area contributed by atoms with Crippen molar-refractivity contribution in [3.8, 4) is 11.5 Å². The summed E-state index contributed by atoms with van der Waals surface area (Å²) in [6.07, 6.45) is -4.50. The van der Waals surface area contributed by atoms with E-state index in [1.54, 1.807) is 12.0 Å². The zero-order chi connectivity index (χ0) is 27.4. The molecule has 1 N–H and O–H groups in total. The summed E-state index contributed by atoms with van der Waals surface area (Å²) in [7, 11) is 1.58. The number of methoxy groups -OCH3 is 1. The number of carbonyl (C=O) groups is 2. The van der Waals surface area contributed by atoms with Crippen LogP contribution in [0.1, 0.15) is 49.7 Å². The fraction of sp³-hybridized carbons (Fsp3) is 0.310. The van der Waals surface area contributed by atoms with Gasteiger partial charge in [-0.1, -0.05) is 42.5 Å². The minimum Gasteiger partial charge on any atom is -0.496 e. The Morgan fingerprint density at radius 2 is 1.61 bits per heavy atom. The second-order valence-electron chi connectivity index (χ2n) is 9.32. The van der Waals surface area contributed by atoms with Crippen LogP contribution in [0.3, 0.4) is 0 Å². The summed E-state index contributed by atoms with van der Waals surface area (Å²) < 4.78 is 48.1. The number of piperidine rings is 1. The molecule has 200 valence electrons. The molecule has 3 aromatic rings. The highest BCUT2D eigenvalue weighted by atomic mass is 19.4. The van der Waals surface area contributed by atoms with Gasteiger partial charge in [0, 0.05) is 30.6 Å². The van der Waals surface area contributed by atoms with Crippen molar-refractivity contribution < 1.29 is 32.2 Å². The van der Waals surface area contributed by atoms with Crippen molar-refractivity contribution in [3.05, 3.63) is 94.5 Å². The molecule has 1 aliphatic rings.